The fourth-order valence-corrected chi connectivity index (χ4v) is 10.8. The molecule has 1 fully saturated rings. The lowest BCUT2D eigenvalue weighted by molar-refractivity contribution is -0.138. The van der Waals surface area contributed by atoms with Gasteiger partial charge in [0, 0.05) is 69.5 Å². The van der Waals surface area contributed by atoms with Crippen LogP contribution in [0.15, 0.2) is 40.4 Å². The van der Waals surface area contributed by atoms with Crippen molar-refractivity contribution in [2.24, 2.45) is 67.6 Å². The lowest BCUT2D eigenvalue weighted by Gasteiger charge is -2.32. The predicted octanol–water partition coefficient (Wildman–Crippen LogP) is -3.96. The van der Waals surface area contributed by atoms with Crippen molar-refractivity contribution >= 4 is 106 Å². The monoisotopic (exact) mass is 1410 g/mol. The number of para-hydroxylation sites is 1. The Bertz CT molecular complexity index is 3250. The number of carbonyl (C=O) groups is 14. The molecule has 0 aliphatic carbocycles. The minimum atomic E-state index is -1.83. The first-order chi connectivity index (χ1) is 46.9. The van der Waals surface area contributed by atoms with Crippen molar-refractivity contribution in [3.8, 4) is 0 Å². The van der Waals surface area contributed by atoms with E-state index in [1.165, 1.54) is 6.92 Å². The number of hydrogen-bond acceptors (Lipinski definition) is 16. The second-order valence-electron chi connectivity index (χ2n) is 27.1. The molecule has 2 heterocycles. The maximum atomic E-state index is 15.0. The highest BCUT2D eigenvalue weighted by Crippen LogP contribution is 2.23. The quantitative estimate of drug-likeness (QED) is 0.0174. The summed E-state index contributed by atoms with van der Waals surface area (Å²) in [6.07, 6.45) is 0.123. The van der Waals surface area contributed by atoms with Crippen LogP contribution in [0, 0.1) is 23.2 Å². The third-order valence-electron chi connectivity index (χ3n) is 16.0. The molecule has 1 aliphatic rings. The Balaban J connectivity index is 2.08. The average Bonchev–Trinajstić information content (AvgIpc) is 1.57. The number of carbonyl (C=O) groups excluding carboxylic acids is 14. The molecule has 0 bridgehead atoms. The topological polar surface area (TPSA) is 580 Å². The predicted molar refractivity (Wildman–Crippen MR) is 372 cm³/mol. The van der Waals surface area contributed by atoms with E-state index in [1.54, 1.807) is 68.5 Å². The number of amides is 14. The second-order valence-corrected chi connectivity index (χ2v) is 27.1. The smallest absolute Gasteiger partial charge is 0.245 e. The number of aromatic nitrogens is 1. The fourth-order valence-electron chi connectivity index (χ4n) is 10.8. The lowest BCUT2D eigenvalue weighted by atomic mass is 9.87. The van der Waals surface area contributed by atoms with Crippen molar-refractivity contribution in [1.82, 2.24) is 68.8 Å². The Labute approximate surface area is 582 Å². The summed E-state index contributed by atoms with van der Waals surface area (Å²) in [6, 6.07) is -7.05. The molecule has 35 nitrogen and oxygen atoms in total. The van der Waals surface area contributed by atoms with Gasteiger partial charge in [-0.2, -0.15) is 0 Å². The van der Waals surface area contributed by atoms with E-state index in [-0.39, 0.29) is 108 Å². The van der Waals surface area contributed by atoms with Gasteiger partial charge in [-0.25, -0.2) is 0 Å². The lowest BCUT2D eigenvalue weighted by Crippen LogP contribution is -2.63. The van der Waals surface area contributed by atoms with Gasteiger partial charge in [0.2, 0.25) is 82.7 Å². The van der Waals surface area contributed by atoms with Crippen LogP contribution in [0.3, 0.4) is 0 Å². The molecule has 25 N–H and O–H groups in total. The van der Waals surface area contributed by atoms with Gasteiger partial charge in [0.15, 0.2) is 11.9 Å². The first-order valence-corrected chi connectivity index (χ1v) is 33.6. The molecule has 14 amide bonds. The molecule has 100 heavy (non-hydrogen) atoms. The minimum absolute atomic E-state index is 0.0222. The van der Waals surface area contributed by atoms with E-state index < -0.39 is 174 Å². The summed E-state index contributed by atoms with van der Waals surface area (Å²) in [6.45, 7) is 15.9. The summed E-state index contributed by atoms with van der Waals surface area (Å²) >= 11 is 0. The number of guanidine groups is 2. The number of aliphatic imine (C=N–C) groups is 2. The maximum absolute atomic E-state index is 15.0. The molecule has 1 aromatic heterocycles. The molecule has 2 unspecified atom stereocenters. The summed E-state index contributed by atoms with van der Waals surface area (Å²) in [5, 5.41) is 32.2. The van der Waals surface area contributed by atoms with Crippen LogP contribution >= 0.6 is 0 Å². The van der Waals surface area contributed by atoms with Crippen molar-refractivity contribution in [1.29, 1.82) is 0 Å². The SMILES string of the molecule is CC[C@H](C)[C@@H]1NC(=O)C[C@H](NC(=O)[C@H](CCCN=C(N)N)NC(=O)CCNC(=O)[C@H](Cc2c[nH]c3ccccc23)NC(C)=O)C(=O)NCC(C(=O)N[C@@H](CCCN=C(N)N)C(=O)N[C@@H](CC(C)C)C(=O)N[C@@H](CC(C)C)C(=O)N[C@@H](CCC(N)=O)C(N)=O)NC(=O)C(CC(C)(C)C)NC1=O. The van der Waals surface area contributed by atoms with E-state index in [0.717, 1.165) is 16.5 Å². The molecule has 1 aliphatic heterocycles. The minimum Gasteiger partial charge on any atom is -0.370 e. The zero-order valence-electron chi connectivity index (χ0n) is 59.0. The van der Waals surface area contributed by atoms with E-state index in [2.05, 4.69) is 78.8 Å². The molecule has 0 spiro atoms. The van der Waals surface area contributed by atoms with E-state index in [1.807, 2.05) is 24.3 Å². The summed E-state index contributed by atoms with van der Waals surface area (Å²) in [5.41, 5.74) is 34.0. The van der Waals surface area contributed by atoms with Gasteiger partial charge in [-0.3, -0.25) is 77.1 Å². The maximum Gasteiger partial charge on any atom is 0.245 e. The molecule has 0 radical (unpaired) electrons. The van der Waals surface area contributed by atoms with Gasteiger partial charge in [0.05, 0.1) is 6.42 Å². The molecule has 3 rings (SSSR count). The summed E-state index contributed by atoms with van der Waals surface area (Å²) in [7, 11) is 0. The van der Waals surface area contributed by atoms with Gasteiger partial charge in [-0.1, -0.05) is 86.9 Å². The van der Waals surface area contributed by atoms with Crippen LogP contribution in [0.1, 0.15) is 152 Å². The zero-order valence-corrected chi connectivity index (χ0v) is 59.0. The van der Waals surface area contributed by atoms with Crippen LogP contribution in [0.25, 0.3) is 10.9 Å². The van der Waals surface area contributed by atoms with E-state index in [4.69, 9.17) is 34.4 Å². The first-order valence-electron chi connectivity index (χ1n) is 33.6. The van der Waals surface area contributed by atoms with Crippen LogP contribution < -0.4 is 98.2 Å². The van der Waals surface area contributed by atoms with Gasteiger partial charge < -0.3 is 103 Å². The number of hydrogen-bond donors (Lipinski definition) is 19. The number of nitrogens with zero attached hydrogens (tertiary/aromatic N) is 2. The Morgan fingerprint density at radius 1 is 0.620 bits per heavy atom. The first kappa shape index (κ1) is 84.1. The highest BCUT2D eigenvalue weighted by Gasteiger charge is 2.39. The Kier molecular flexibility index (Phi) is 34.8. The highest BCUT2D eigenvalue weighted by atomic mass is 16.2. The number of nitrogens with two attached hydrogens (primary N) is 6. The number of fused-ring (bicyclic) bond motifs is 1. The summed E-state index contributed by atoms with van der Waals surface area (Å²) in [4.78, 5) is 205. The zero-order chi connectivity index (χ0) is 75.1. The summed E-state index contributed by atoms with van der Waals surface area (Å²) in [5.74, 6) is -13.7. The number of rotatable bonds is 37. The van der Waals surface area contributed by atoms with Gasteiger partial charge in [0.1, 0.15) is 60.4 Å². The average molecular weight is 1410 g/mol. The van der Waals surface area contributed by atoms with Crippen LogP contribution in [0.2, 0.25) is 0 Å². The van der Waals surface area contributed by atoms with Gasteiger partial charge in [0.25, 0.3) is 0 Å². The van der Waals surface area contributed by atoms with E-state index in [0.29, 0.717) is 6.42 Å². The Morgan fingerprint density at radius 3 is 1.71 bits per heavy atom. The molecular weight excluding hydrogens is 1300 g/mol. The van der Waals surface area contributed by atoms with Crippen LogP contribution in [-0.4, -0.2) is 186 Å². The molecule has 35 heteroatoms. The molecule has 11 atom stereocenters. The van der Waals surface area contributed by atoms with E-state index >= 15 is 0 Å². The molecule has 2 aromatic rings. The van der Waals surface area contributed by atoms with Crippen molar-refractivity contribution in [2.45, 2.75) is 213 Å². The largest absolute Gasteiger partial charge is 0.370 e. The normalized spacial score (nSPS) is 18.2. The van der Waals surface area contributed by atoms with Gasteiger partial charge in [-0.15, -0.1) is 0 Å². The highest BCUT2D eigenvalue weighted by molar-refractivity contribution is 6.00. The van der Waals surface area contributed by atoms with Crippen LogP contribution in [0.5, 0.6) is 0 Å². The summed E-state index contributed by atoms with van der Waals surface area (Å²) < 4.78 is 0. The van der Waals surface area contributed by atoms with Crippen molar-refractivity contribution in [3.05, 3.63) is 36.0 Å². The van der Waals surface area contributed by atoms with Crippen molar-refractivity contribution in [3.63, 3.8) is 0 Å². The Hall–Kier alpha value is -10.1. The molecular formula is C65H107N21O14. The van der Waals surface area contributed by atoms with Crippen molar-refractivity contribution < 1.29 is 67.1 Å². The molecule has 1 saturated heterocycles. The molecule has 556 valence electrons. The van der Waals surface area contributed by atoms with Gasteiger partial charge >= 0.3 is 0 Å². The van der Waals surface area contributed by atoms with Crippen LogP contribution in [0.4, 0.5) is 0 Å². The van der Waals surface area contributed by atoms with E-state index in [9.17, 15) is 67.1 Å². The van der Waals surface area contributed by atoms with Crippen molar-refractivity contribution in [2.75, 3.05) is 26.2 Å². The van der Waals surface area contributed by atoms with Gasteiger partial charge in [-0.05, 0) is 86.2 Å². The fraction of sp³-hybridized carbons (Fsp3) is 0.631. The Morgan fingerprint density at radius 2 is 1.18 bits per heavy atom. The number of aromatic amines is 1. The third kappa shape index (κ3) is 30.7. The number of primary amides is 2. The third-order valence-corrected chi connectivity index (χ3v) is 16.0. The van der Waals surface area contributed by atoms with Crippen LogP contribution in [-0.2, 0) is 73.5 Å². The molecule has 0 saturated carbocycles. The molecule has 1 aromatic carbocycles. The standard InChI is InChI=1S/C65H107N21O14/c1-11-35(6)52-62(100)84-47(30-65(8,9)10)60(98)85-48(61(99)80-42(19-15-24-74-64(70)71)57(95)81-44(27-34(4)5)59(97)82-43(26-33(2)3)58(96)79-40(53(67)91)20-21-49(66)88)32-76-55(93)46(29-51(90)86-52)83-56(94)41(18-14-23-73-63(68)69)78-50(89)22-25-72-54(92)45(77-36(7)87)28-37-31-75-39-17-13-12-16-38(37)39/h12-13,16-17,31,33-35,40-48,52,75H,11,14-15,18-30,32H2,1-10H3,(H2,66,88)(H2,67,91)(H,72,92)(H,76,93)(H,77,87)(H,78,89)(H,79,96)(H,80,99)(H,81,95)(H,82,97)(H,83,94)(H,84,100)(H,85,98)(H,86,90)(H4,68,69,73)(H4,70,71,74)/t35-,40-,41-,42-,43-,44-,45-,46-,47?,48?,52-/m0/s1. The second kappa shape index (κ2) is 41.3. The number of nitrogens with one attached hydrogen (secondary N) is 13. The number of benzene rings is 1. The number of H-pyrrole nitrogens is 1.